The number of aliphatic carboxylic acids is 1. The Hall–Kier alpha value is -3.80. The smallest absolute Gasteiger partial charge is 0.331 e. The van der Waals surface area contributed by atoms with Gasteiger partial charge < -0.3 is 15.2 Å². The van der Waals surface area contributed by atoms with Gasteiger partial charge >= 0.3 is 11.7 Å². The number of carbonyl (C=O) groups is 1. The van der Waals surface area contributed by atoms with Crippen molar-refractivity contribution in [2.45, 2.75) is 25.3 Å². The normalized spacial score (nSPS) is 16.1. The summed E-state index contributed by atoms with van der Waals surface area (Å²) in [5.74, 6) is -0.840. The third kappa shape index (κ3) is 2.86. The van der Waals surface area contributed by atoms with Crippen molar-refractivity contribution in [1.82, 2.24) is 33.7 Å². The Morgan fingerprint density at radius 2 is 2.06 bits per heavy atom. The van der Waals surface area contributed by atoms with Gasteiger partial charge in [0, 0.05) is 33.1 Å². The minimum absolute atomic E-state index is 0.177. The first-order valence-electron chi connectivity index (χ1n) is 9.74. The lowest BCUT2D eigenvalue weighted by molar-refractivity contribution is -0.152. The van der Waals surface area contributed by atoms with Gasteiger partial charge in [0.1, 0.15) is 11.8 Å². The molecule has 0 aromatic carbocycles. The van der Waals surface area contributed by atoms with E-state index in [0.717, 1.165) is 5.56 Å². The fraction of sp³-hybridized carbons (Fsp3) is 0.368. The maximum absolute atomic E-state index is 13.1. The lowest BCUT2D eigenvalue weighted by atomic mass is 9.90. The van der Waals surface area contributed by atoms with E-state index in [-0.39, 0.29) is 37.7 Å². The molecule has 0 radical (unpaired) electrons. The lowest BCUT2D eigenvalue weighted by Gasteiger charge is -2.33. The molecular weight excluding hydrogens is 404 g/mol. The van der Waals surface area contributed by atoms with Crippen LogP contribution in [0.2, 0.25) is 0 Å². The number of nitrogens with zero attached hydrogens (tertiary/aromatic N) is 7. The van der Waals surface area contributed by atoms with Gasteiger partial charge in [0.05, 0.1) is 18.1 Å². The zero-order chi connectivity index (χ0) is 21.8. The standard InChI is InChI=1S/C19H20N8O4/c1-11-7-14-21-10-22-26(14)9-12(11)23-17-20-8-13-15(24-17)27(18(30)25(13)2)19(16(28)29)3-5-31-6-4-19/h7-10H,3-6H2,1-2H3,(H,28,29)(H,20,23,24). The number of hydrogen-bond acceptors (Lipinski definition) is 8. The van der Waals surface area contributed by atoms with Crippen LogP contribution in [0, 0.1) is 6.92 Å². The minimum atomic E-state index is -1.42. The SMILES string of the molecule is Cc1cc2ncnn2cc1Nc1ncc2c(n1)n(C1(C(=O)O)CCOCC1)c(=O)n2C. The highest BCUT2D eigenvalue weighted by atomic mass is 16.5. The molecule has 1 fully saturated rings. The average Bonchev–Trinajstić information content (AvgIpc) is 3.30. The average molecular weight is 424 g/mol. The number of aryl methyl sites for hydroxylation is 2. The highest BCUT2D eigenvalue weighted by molar-refractivity contribution is 5.81. The number of aromatic nitrogens is 7. The number of fused-ring (bicyclic) bond motifs is 2. The zero-order valence-corrected chi connectivity index (χ0v) is 16.9. The molecule has 4 aromatic heterocycles. The van der Waals surface area contributed by atoms with Gasteiger partial charge in [0.25, 0.3) is 0 Å². The van der Waals surface area contributed by atoms with Crippen molar-refractivity contribution in [3.8, 4) is 0 Å². The second kappa shape index (κ2) is 6.87. The number of ether oxygens (including phenoxy) is 1. The Labute approximate surface area is 175 Å². The minimum Gasteiger partial charge on any atom is -0.479 e. The van der Waals surface area contributed by atoms with Crippen molar-refractivity contribution in [1.29, 1.82) is 0 Å². The summed E-state index contributed by atoms with van der Waals surface area (Å²) in [5.41, 5.74) is 1.16. The van der Waals surface area contributed by atoms with E-state index in [0.29, 0.717) is 16.9 Å². The number of anilines is 2. The fourth-order valence-corrected chi connectivity index (χ4v) is 4.01. The number of hydrogen-bond donors (Lipinski definition) is 2. The van der Waals surface area contributed by atoms with Crippen LogP contribution in [0.4, 0.5) is 11.6 Å². The van der Waals surface area contributed by atoms with Crippen molar-refractivity contribution < 1.29 is 14.6 Å². The molecule has 12 nitrogen and oxygen atoms in total. The van der Waals surface area contributed by atoms with E-state index in [1.165, 1.54) is 21.7 Å². The van der Waals surface area contributed by atoms with E-state index in [4.69, 9.17) is 4.74 Å². The molecule has 1 aliphatic rings. The van der Waals surface area contributed by atoms with Crippen LogP contribution in [0.3, 0.4) is 0 Å². The summed E-state index contributed by atoms with van der Waals surface area (Å²) in [7, 11) is 1.58. The van der Waals surface area contributed by atoms with Crippen LogP contribution >= 0.6 is 0 Å². The van der Waals surface area contributed by atoms with Crippen LogP contribution in [-0.2, 0) is 22.1 Å². The highest BCUT2D eigenvalue weighted by Crippen LogP contribution is 2.31. The molecule has 0 amide bonds. The Bertz CT molecular complexity index is 1380. The Morgan fingerprint density at radius 3 is 2.81 bits per heavy atom. The maximum atomic E-state index is 13.1. The van der Waals surface area contributed by atoms with Crippen molar-refractivity contribution in [3.63, 3.8) is 0 Å². The van der Waals surface area contributed by atoms with Gasteiger partial charge in [-0.3, -0.25) is 9.13 Å². The number of imidazole rings is 1. The summed E-state index contributed by atoms with van der Waals surface area (Å²) < 4.78 is 9.61. The second-order valence-corrected chi connectivity index (χ2v) is 7.59. The summed E-state index contributed by atoms with van der Waals surface area (Å²) in [5, 5.41) is 17.3. The van der Waals surface area contributed by atoms with Gasteiger partial charge in [-0.1, -0.05) is 0 Å². The molecule has 160 valence electrons. The van der Waals surface area contributed by atoms with E-state index < -0.39 is 17.2 Å². The van der Waals surface area contributed by atoms with Gasteiger partial charge in [0.2, 0.25) is 5.95 Å². The number of rotatable bonds is 4. The third-order valence-electron chi connectivity index (χ3n) is 5.82. The molecule has 0 bridgehead atoms. The van der Waals surface area contributed by atoms with Gasteiger partial charge in [0.15, 0.2) is 16.8 Å². The van der Waals surface area contributed by atoms with Crippen LogP contribution in [0.15, 0.2) is 29.6 Å². The molecule has 5 heterocycles. The van der Waals surface area contributed by atoms with Crippen molar-refractivity contribution in [2.24, 2.45) is 7.05 Å². The molecule has 0 saturated carbocycles. The molecule has 1 saturated heterocycles. The monoisotopic (exact) mass is 424 g/mol. The Balaban J connectivity index is 1.65. The van der Waals surface area contributed by atoms with Crippen LogP contribution in [-0.4, -0.2) is 58.0 Å². The predicted molar refractivity (Wildman–Crippen MR) is 109 cm³/mol. The summed E-state index contributed by atoms with van der Waals surface area (Å²) >= 11 is 0. The van der Waals surface area contributed by atoms with Crippen LogP contribution in [0.25, 0.3) is 16.8 Å². The first kappa shape index (κ1) is 19.2. The lowest BCUT2D eigenvalue weighted by Crippen LogP contribution is -2.51. The van der Waals surface area contributed by atoms with Crippen molar-refractivity contribution >= 4 is 34.4 Å². The highest BCUT2D eigenvalue weighted by Gasteiger charge is 2.45. The van der Waals surface area contributed by atoms with Crippen LogP contribution in [0.5, 0.6) is 0 Å². The fourth-order valence-electron chi connectivity index (χ4n) is 4.01. The quantitative estimate of drug-likeness (QED) is 0.487. The molecule has 0 unspecified atom stereocenters. The molecule has 31 heavy (non-hydrogen) atoms. The molecule has 1 aliphatic heterocycles. The van der Waals surface area contributed by atoms with E-state index >= 15 is 0 Å². The zero-order valence-electron chi connectivity index (χ0n) is 16.9. The van der Waals surface area contributed by atoms with Crippen LogP contribution in [0.1, 0.15) is 18.4 Å². The van der Waals surface area contributed by atoms with E-state index in [1.807, 2.05) is 13.0 Å². The number of nitrogens with one attached hydrogen (secondary N) is 1. The topological polar surface area (TPSA) is 141 Å². The molecule has 2 N–H and O–H groups in total. The molecule has 0 spiro atoms. The summed E-state index contributed by atoms with van der Waals surface area (Å²) in [6.45, 7) is 2.42. The summed E-state index contributed by atoms with van der Waals surface area (Å²) in [4.78, 5) is 38.4. The molecular formula is C19H20N8O4. The van der Waals surface area contributed by atoms with Crippen LogP contribution < -0.4 is 11.0 Å². The summed E-state index contributed by atoms with van der Waals surface area (Å²) in [6, 6.07) is 1.87. The van der Waals surface area contributed by atoms with Crippen molar-refractivity contribution in [3.05, 3.63) is 40.8 Å². The van der Waals surface area contributed by atoms with E-state index in [1.54, 1.807) is 17.8 Å². The van der Waals surface area contributed by atoms with Gasteiger partial charge in [-0.15, -0.1) is 0 Å². The Morgan fingerprint density at radius 1 is 1.29 bits per heavy atom. The molecule has 5 rings (SSSR count). The molecule has 0 aliphatic carbocycles. The van der Waals surface area contributed by atoms with Crippen molar-refractivity contribution in [2.75, 3.05) is 18.5 Å². The van der Waals surface area contributed by atoms with E-state index in [2.05, 4.69) is 25.4 Å². The van der Waals surface area contributed by atoms with Gasteiger partial charge in [-0.05, 0) is 18.6 Å². The Kier molecular flexibility index (Phi) is 4.25. The first-order chi connectivity index (χ1) is 14.9. The molecule has 4 aromatic rings. The van der Waals surface area contributed by atoms with Gasteiger partial charge in [-0.25, -0.2) is 24.1 Å². The number of carboxylic acids is 1. The second-order valence-electron chi connectivity index (χ2n) is 7.59. The largest absolute Gasteiger partial charge is 0.479 e. The molecule has 12 heteroatoms. The number of pyridine rings is 1. The van der Waals surface area contributed by atoms with E-state index in [9.17, 15) is 14.7 Å². The first-order valence-corrected chi connectivity index (χ1v) is 9.74. The summed E-state index contributed by atoms with van der Waals surface area (Å²) in [6.07, 6.45) is 5.09. The predicted octanol–water partition coefficient (Wildman–Crippen LogP) is 0.815. The number of carboxylic acid groups (broad SMARTS) is 1. The third-order valence-corrected chi connectivity index (χ3v) is 5.82. The maximum Gasteiger partial charge on any atom is 0.331 e. The van der Waals surface area contributed by atoms with Gasteiger partial charge in [-0.2, -0.15) is 10.1 Å². The molecule has 0 atom stereocenters.